The molecular weight excluding hydrogens is 221 g/mol. The molecule has 0 spiro atoms. The van der Waals surface area contributed by atoms with Gasteiger partial charge in [-0.25, -0.2) is 9.18 Å². The molecule has 2 rings (SSSR count). The highest BCUT2D eigenvalue weighted by Gasteiger charge is 2.06. The summed E-state index contributed by atoms with van der Waals surface area (Å²) in [5.41, 5.74) is 1.66. The van der Waals surface area contributed by atoms with Crippen LogP contribution in [0.3, 0.4) is 0 Å². The van der Waals surface area contributed by atoms with Gasteiger partial charge in [0.25, 0.3) is 0 Å². The van der Waals surface area contributed by atoms with Crippen molar-refractivity contribution in [3.63, 3.8) is 0 Å². The normalized spacial score (nSPS) is 11.4. The Bertz CT molecular complexity index is 599. The molecule has 1 N–H and O–H groups in total. The third-order valence-corrected chi connectivity index (χ3v) is 2.61. The van der Waals surface area contributed by atoms with Crippen LogP contribution in [0.1, 0.15) is 12.6 Å². The number of rotatable bonds is 3. The first-order valence-electron chi connectivity index (χ1n) is 5.31. The number of nitrogens with zero attached hydrogens (tertiary/aromatic N) is 1. The van der Waals surface area contributed by atoms with Crippen LogP contribution in [-0.4, -0.2) is 15.6 Å². The largest absolute Gasteiger partial charge is 0.478 e. The van der Waals surface area contributed by atoms with E-state index in [1.165, 1.54) is 18.2 Å². The van der Waals surface area contributed by atoms with Crippen LogP contribution in [0, 0.1) is 5.82 Å². The van der Waals surface area contributed by atoms with Crippen molar-refractivity contribution in [2.24, 2.45) is 0 Å². The number of aromatic nitrogens is 1. The molecule has 1 aromatic carbocycles. The van der Waals surface area contributed by atoms with Gasteiger partial charge in [0.15, 0.2) is 0 Å². The van der Waals surface area contributed by atoms with E-state index >= 15 is 0 Å². The van der Waals surface area contributed by atoms with Crippen LogP contribution in [-0.2, 0) is 11.3 Å². The van der Waals surface area contributed by atoms with Gasteiger partial charge in [-0.1, -0.05) is 0 Å². The molecule has 0 atom stereocenters. The van der Waals surface area contributed by atoms with E-state index in [9.17, 15) is 9.18 Å². The molecule has 0 aliphatic heterocycles. The monoisotopic (exact) mass is 233 g/mol. The number of carbonyl (C=O) groups is 1. The number of aryl methyl sites for hydroxylation is 1. The zero-order valence-corrected chi connectivity index (χ0v) is 9.35. The van der Waals surface area contributed by atoms with Gasteiger partial charge in [0, 0.05) is 29.2 Å². The van der Waals surface area contributed by atoms with Crippen molar-refractivity contribution < 1.29 is 14.3 Å². The van der Waals surface area contributed by atoms with Gasteiger partial charge >= 0.3 is 5.97 Å². The molecule has 1 heterocycles. The highest BCUT2D eigenvalue weighted by molar-refractivity contribution is 5.88. The molecule has 88 valence electrons. The Labute approximate surface area is 97.8 Å². The fraction of sp³-hybridized carbons (Fsp3) is 0.154. The quantitative estimate of drug-likeness (QED) is 0.828. The van der Waals surface area contributed by atoms with E-state index in [0.717, 1.165) is 22.7 Å². The maximum atomic E-state index is 13.1. The predicted molar refractivity (Wildman–Crippen MR) is 64.2 cm³/mol. The SMILES string of the molecule is CCn1c(/C=C/C(=O)O)cc2cc(F)ccc21. The zero-order valence-electron chi connectivity index (χ0n) is 9.35. The van der Waals surface area contributed by atoms with Gasteiger partial charge in [-0.3, -0.25) is 0 Å². The molecule has 17 heavy (non-hydrogen) atoms. The van der Waals surface area contributed by atoms with E-state index in [1.54, 1.807) is 12.1 Å². The summed E-state index contributed by atoms with van der Waals surface area (Å²) in [5, 5.41) is 9.38. The molecule has 0 bridgehead atoms. The number of hydrogen-bond donors (Lipinski definition) is 1. The molecule has 1 aromatic heterocycles. The molecule has 0 unspecified atom stereocenters. The summed E-state index contributed by atoms with van der Waals surface area (Å²) in [6.07, 6.45) is 2.60. The molecule has 4 heteroatoms. The molecule has 0 fully saturated rings. The number of aliphatic carboxylic acids is 1. The second-order valence-corrected chi connectivity index (χ2v) is 3.69. The van der Waals surface area contributed by atoms with Crippen LogP contribution in [0.25, 0.3) is 17.0 Å². The minimum absolute atomic E-state index is 0.292. The molecule has 0 aliphatic carbocycles. The maximum Gasteiger partial charge on any atom is 0.328 e. The first kappa shape index (κ1) is 11.4. The van der Waals surface area contributed by atoms with E-state index in [0.29, 0.717) is 6.54 Å². The fourth-order valence-corrected chi connectivity index (χ4v) is 1.91. The average Bonchev–Trinajstić information content (AvgIpc) is 2.62. The summed E-state index contributed by atoms with van der Waals surface area (Å²) >= 11 is 0. The number of carboxylic acid groups (broad SMARTS) is 1. The van der Waals surface area contributed by atoms with Crippen LogP contribution in [0.5, 0.6) is 0 Å². The number of fused-ring (bicyclic) bond motifs is 1. The number of halogens is 1. The molecule has 0 radical (unpaired) electrons. The summed E-state index contributed by atoms with van der Waals surface area (Å²) in [6, 6.07) is 6.33. The van der Waals surface area contributed by atoms with E-state index in [1.807, 2.05) is 11.5 Å². The van der Waals surface area contributed by atoms with Crippen molar-refractivity contribution >= 4 is 22.9 Å². The van der Waals surface area contributed by atoms with E-state index in [-0.39, 0.29) is 5.82 Å². The smallest absolute Gasteiger partial charge is 0.328 e. The van der Waals surface area contributed by atoms with Crippen LogP contribution < -0.4 is 0 Å². The Hall–Kier alpha value is -2.10. The Morgan fingerprint density at radius 1 is 1.47 bits per heavy atom. The Balaban J connectivity index is 2.59. The molecule has 0 amide bonds. The molecule has 3 nitrogen and oxygen atoms in total. The van der Waals surface area contributed by atoms with Crippen LogP contribution in [0.4, 0.5) is 4.39 Å². The Morgan fingerprint density at radius 2 is 2.24 bits per heavy atom. The first-order valence-corrected chi connectivity index (χ1v) is 5.31. The molecule has 0 aliphatic rings. The van der Waals surface area contributed by atoms with Gasteiger partial charge in [0.05, 0.1) is 0 Å². The Morgan fingerprint density at radius 3 is 2.88 bits per heavy atom. The topological polar surface area (TPSA) is 42.2 Å². The van der Waals surface area contributed by atoms with E-state index in [2.05, 4.69) is 0 Å². The average molecular weight is 233 g/mol. The van der Waals surface area contributed by atoms with Crippen molar-refractivity contribution in [2.75, 3.05) is 0 Å². The fourth-order valence-electron chi connectivity index (χ4n) is 1.91. The van der Waals surface area contributed by atoms with Gasteiger partial charge in [-0.05, 0) is 37.3 Å². The predicted octanol–water partition coefficient (Wildman–Crippen LogP) is 2.90. The van der Waals surface area contributed by atoms with Gasteiger partial charge in [0.1, 0.15) is 5.82 Å². The Kier molecular flexibility index (Phi) is 2.95. The third-order valence-electron chi connectivity index (χ3n) is 2.61. The van der Waals surface area contributed by atoms with Crippen molar-refractivity contribution in [2.45, 2.75) is 13.5 Å². The van der Waals surface area contributed by atoms with Gasteiger partial charge < -0.3 is 9.67 Å². The summed E-state index contributed by atoms with van der Waals surface area (Å²) in [7, 11) is 0. The van der Waals surface area contributed by atoms with Crippen LogP contribution in [0.15, 0.2) is 30.3 Å². The third kappa shape index (κ3) is 2.20. The molecule has 0 saturated carbocycles. The lowest BCUT2D eigenvalue weighted by Crippen LogP contribution is -1.96. The zero-order chi connectivity index (χ0) is 12.4. The van der Waals surface area contributed by atoms with Crippen molar-refractivity contribution in [3.05, 3.63) is 41.9 Å². The molecule has 2 aromatic rings. The number of carboxylic acids is 1. The number of hydrogen-bond acceptors (Lipinski definition) is 1. The van der Waals surface area contributed by atoms with Crippen molar-refractivity contribution in [3.8, 4) is 0 Å². The lowest BCUT2D eigenvalue weighted by Gasteiger charge is -2.03. The van der Waals surface area contributed by atoms with Gasteiger partial charge in [-0.15, -0.1) is 0 Å². The maximum absolute atomic E-state index is 13.1. The van der Waals surface area contributed by atoms with Crippen LogP contribution in [0.2, 0.25) is 0 Å². The van der Waals surface area contributed by atoms with Crippen molar-refractivity contribution in [1.82, 2.24) is 4.57 Å². The molecular formula is C13H12FNO2. The summed E-state index contributed by atoms with van der Waals surface area (Å²) in [6.45, 7) is 2.66. The van der Waals surface area contributed by atoms with Gasteiger partial charge in [0.2, 0.25) is 0 Å². The lowest BCUT2D eigenvalue weighted by atomic mass is 10.2. The standard InChI is InChI=1S/C13H12FNO2/c1-2-15-11(4-6-13(16)17)8-9-7-10(14)3-5-12(9)15/h3-8H,2H2,1H3,(H,16,17)/b6-4+. The lowest BCUT2D eigenvalue weighted by molar-refractivity contribution is -0.131. The van der Waals surface area contributed by atoms with Crippen molar-refractivity contribution in [1.29, 1.82) is 0 Å². The number of benzene rings is 1. The second kappa shape index (κ2) is 4.41. The summed E-state index contributed by atoms with van der Waals surface area (Å²) in [4.78, 5) is 10.5. The first-order chi connectivity index (χ1) is 8.11. The second-order valence-electron chi connectivity index (χ2n) is 3.69. The minimum atomic E-state index is -0.996. The minimum Gasteiger partial charge on any atom is -0.478 e. The van der Waals surface area contributed by atoms with Crippen LogP contribution >= 0.6 is 0 Å². The van der Waals surface area contributed by atoms with Gasteiger partial charge in [-0.2, -0.15) is 0 Å². The van der Waals surface area contributed by atoms with E-state index < -0.39 is 5.97 Å². The molecule has 0 saturated heterocycles. The highest BCUT2D eigenvalue weighted by Crippen LogP contribution is 2.21. The summed E-state index contributed by atoms with van der Waals surface area (Å²) in [5.74, 6) is -1.29. The summed E-state index contributed by atoms with van der Waals surface area (Å²) < 4.78 is 15.0. The highest BCUT2D eigenvalue weighted by atomic mass is 19.1. The van der Waals surface area contributed by atoms with E-state index in [4.69, 9.17) is 5.11 Å².